The molecule has 1 saturated heterocycles. The van der Waals surface area contributed by atoms with E-state index in [1.807, 2.05) is 6.33 Å². The molecule has 2 saturated carbocycles. The predicted molar refractivity (Wildman–Crippen MR) is 161 cm³/mol. The molecular weight excluding hydrogens is 579 g/mol. The zero-order chi connectivity index (χ0) is 25.4. The molecule has 14 heteroatoms. The minimum absolute atomic E-state index is 0. The number of rotatable bonds is 7. The summed E-state index contributed by atoms with van der Waals surface area (Å²) in [6.07, 6.45) is 12.2. The summed E-state index contributed by atoms with van der Waals surface area (Å²) in [5, 5.41) is 8.99. The lowest BCUT2D eigenvalue weighted by Gasteiger charge is -2.31. The van der Waals surface area contributed by atoms with Gasteiger partial charge in [-0.1, -0.05) is 18.9 Å². The number of thiophene rings is 1. The fourth-order valence-electron chi connectivity index (χ4n) is 5.95. The van der Waals surface area contributed by atoms with Gasteiger partial charge in [-0.25, -0.2) is 13.4 Å². The van der Waals surface area contributed by atoms with Crippen molar-refractivity contribution in [2.75, 3.05) is 23.7 Å². The van der Waals surface area contributed by atoms with Gasteiger partial charge in [0.15, 0.2) is 17.0 Å². The molecule has 216 valence electrons. The van der Waals surface area contributed by atoms with Crippen LogP contribution in [0.2, 0.25) is 0 Å². The first kappa shape index (κ1) is 30.3. The molecule has 1 aliphatic heterocycles. The molecule has 0 amide bonds. The summed E-state index contributed by atoms with van der Waals surface area (Å²) < 4.78 is 30.1. The lowest BCUT2D eigenvalue weighted by atomic mass is 9.92. The largest absolute Gasteiger partial charge is 0.365 e. The van der Waals surface area contributed by atoms with Crippen molar-refractivity contribution in [3.8, 4) is 0 Å². The Morgan fingerprint density at radius 2 is 1.62 bits per heavy atom. The van der Waals surface area contributed by atoms with Gasteiger partial charge in [-0.2, -0.15) is 14.3 Å². The average Bonchev–Trinajstić information content (AvgIpc) is 3.67. The Kier molecular flexibility index (Phi) is 9.98. The van der Waals surface area contributed by atoms with Gasteiger partial charge in [0.2, 0.25) is 5.95 Å². The van der Waals surface area contributed by atoms with E-state index in [4.69, 9.17) is 20.7 Å². The molecular formula is C25H38Cl2N8O2S2. The first-order chi connectivity index (χ1) is 18.0. The second-order valence-electron chi connectivity index (χ2n) is 10.7. The number of nitrogens with zero attached hydrogens (tertiary/aromatic N) is 5. The van der Waals surface area contributed by atoms with Crippen LogP contribution in [0.25, 0.3) is 11.2 Å². The number of piperidine rings is 1. The van der Waals surface area contributed by atoms with E-state index < -0.39 is 10.0 Å². The third-order valence-electron chi connectivity index (χ3n) is 8.13. The van der Waals surface area contributed by atoms with Crippen molar-refractivity contribution in [2.45, 2.75) is 92.6 Å². The van der Waals surface area contributed by atoms with Gasteiger partial charge in [-0.3, -0.25) is 0 Å². The Morgan fingerprint density at radius 1 is 0.923 bits per heavy atom. The van der Waals surface area contributed by atoms with Crippen LogP contribution < -0.4 is 16.4 Å². The summed E-state index contributed by atoms with van der Waals surface area (Å²) in [4.78, 5) is 14.6. The second kappa shape index (κ2) is 12.9. The minimum atomic E-state index is -3.42. The highest BCUT2D eigenvalue weighted by Crippen LogP contribution is 2.34. The third kappa shape index (κ3) is 6.46. The quantitative estimate of drug-likeness (QED) is 0.345. The van der Waals surface area contributed by atoms with E-state index in [1.54, 1.807) is 21.8 Å². The van der Waals surface area contributed by atoms with Crippen LogP contribution in [0.4, 0.5) is 11.8 Å². The highest BCUT2D eigenvalue weighted by Gasteiger charge is 2.31. The van der Waals surface area contributed by atoms with E-state index in [9.17, 15) is 8.42 Å². The number of hydrogen-bond acceptors (Lipinski definition) is 9. The average molecular weight is 618 g/mol. The van der Waals surface area contributed by atoms with E-state index >= 15 is 0 Å². The Bertz CT molecular complexity index is 1320. The fourth-order valence-corrected chi connectivity index (χ4v) is 8.56. The van der Waals surface area contributed by atoms with Crippen molar-refractivity contribution in [1.29, 1.82) is 0 Å². The first-order valence-electron chi connectivity index (χ1n) is 13.5. The van der Waals surface area contributed by atoms with E-state index in [0.717, 1.165) is 55.5 Å². The van der Waals surface area contributed by atoms with Gasteiger partial charge in [0.1, 0.15) is 4.21 Å². The summed E-state index contributed by atoms with van der Waals surface area (Å²) in [6, 6.07) is 4.61. The summed E-state index contributed by atoms with van der Waals surface area (Å²) in [6.45, 7) is 0.964. The maximum atomic E-state index is 12.9. The molecule has 6 rings (SSSR count). The Balaban J connectivity index is 0.00000176. The molecule has 0 aromatic carbocycles. The van der Waals surface area contributed by atoms with E-state index in [2.05, 4.69) is 15.2 Å². The normalized spacial score (nSPS) is 23.3. The van der Waals surface area contributed by atoms with Gasteiger partial charge in [0.25, 0.3) is 10.0 Å². The smallest absolute Gasteiger partial charge is 0.252 e. The van der Waals surface area contributed by atoms with Gasteiger partial charge in [0, 0.05) is 37.3 Å². The van der Waals surface area contributed by atoms with E-state index in [0.29, 0.717) is 48.2 Å². The van der Waals surface area contributed by atoms with Crippen LogP contribution in [0.15, 0.2) is 28.0 Å². The van der Waals surface area contributed by atoms with Crippen LogP contribution in [-0.2, 0) is 10.0 Å². The Morgan fingerprint density at radius 3 is 2.28 bits per heavy atom. The number of nitrogens with one attached hydrogen (secondary N) is 2. The van der Waals surface area contributed by atoms with Crippen molar-refractivity contribution in [2.24, 2.45) is 5.73 Å². The predicted octanol–water partition coefficient (Wildman–Crippen LogP) is 4.79. The molecule has 39 heavy (non-hydrogen) atoms. The van der Waals surface area contributed by atoms with Gasteiger partial charge in [0.05, 0.1) is 6.33 Å². The number of imidazole rings is 1. The molecule has 3 aliphatic rings. The molecule has 4 heterocycles. The Hall–Kier alpha value is -1.70. The molecule has 0 unspecified atom stereocenters. The molecule has 2 aliphatic carbocycles. The zero-order valence-corrected chi connectivity index (χ0v) is 25.1. The molecule has 0 spiro atoms. The summed E-state index contributed by atoms with van der Waals surface area (Å²) in [7, 11) is -3.42. The van der Waals surface area contributed by atoms with Gasteiger partial charge in [-0.05, 0) is 62.8 Å². The zero-order valence-electron chi connectivity index (χ0n) is 21.9. The third-order valence-corrected chi connectivity index (χ3v) is 11.4. The van der Waals surface area contributed by atoms with Crippen molar-refractivity contribution >= 4 is 69.1 Å². The number of sulfonamides is 1. The number of aromatic nitrogens is 4. The van der Waals surface area contributed by atoms with Gasteiger partial charge in [-0.15, -0.1) is 36.2 Å². The highest BCUT2D eigenvalue weighted by molar-refractivity contribution is 7.91. The van der Waals surface area contributed by atoms with Gasteiger partial charge < -0.3 is 20.9 Å². The Labute approximate surface area is 246 Å². The van der Waals surface area contributed by atoms with Crippen LogP contribution in [0.5, 0.6) is 0 Å². The molecule has 3 aromatic heterocycles. The maximum Gasteiger partial charge on any atom is 0.252 e. The molecule has 4 N–H and O–H groups in total. The topological polar surface area (TPSA) is 131 Å². The number of anilines is 2. The summed E-state index contributed by atoms with van der Waals surface area (Å²) in [5.74, 6) is 1.37. The molecule has 0 bridgehead atoms. The fraction of sp³-hybridized carbons (Fsp3) is 0.640. The number of hydrogen-bond donors (Lipinski definition) is 3. The van der Waals surface area contributed by atoms with Crippen LogP contribution >= 0.6 is 36.2 Å². The van der Waals surface area contributed by atoms with Crippen molar-refractivity contribution in [3.63, 3.8) is 0 Å². The van der Waals surface area contributed by atoms with Crippen LogP contribution in [0, 0.1) is 0 Å². The standard InChI is InChI=1S/C25H36N8O2S2.2ClH/c26-17-7-9-18(10-8-17)29-25-30-23(22-24(31-25)33(16-27-22)20-4-1-2-5-20)28-19-11-13-32(14-12-19)37(34,35)21-6-3-15-36-21;;/h3,6,15-20H,1-2,4-5,7-14,26H2,(H2,28,29,30,31);2*1H/t17-,18-;;. The SMILES string of the molecule is Cl.Cl.N[C@H]1CC[C@H](Nc2nc(NC3CCN(S(=O)(=O)c4cccs4)CC3)c3ncn(C4CCCC4)c3n2)CC1. The van der Waals surface area contributed by atoms with Crippen LogP contribution in [-0.4, -0.2) is 63.5 Å². The molecule has 10 nitrogen and oxygen atoms in total. The minimum Gasteiger partial charge on any atom is -0.365 e. The molecule has 3 aromatic rings. The number of halogens is 2. The van der Waals surface area contributed by atoms with Crippen molar-refractivity contribution in [1.82, 2.24) is 23.8 Å². The van der Waals surface area contributed by atoms with E-state index in [1.165, 1.54) is 24.2 Å². The highest BCUT2D eigenvalue weighted by atomic mass is 35.5. The maximum absolute atomic E-state index is 12.9. The van der Waals surface area contributed by atoms with Crippen molar-refractivity contribution in [3.05, 3.63) is 23.8 Å². The van der Waals surface area contributed by atoms with Crippen LogP contribution in [0.1, 0.15) is 70.3 Å². The molecule has 0 atom stereocenters. The second-order valence-corrected chi connectivity index (χ2v) is 13.8. The van der Waals surface area contributed by atoms with Gasteiger partial charge >= 0.3 is 0 Å². The van der Waals surface area contributed by atoms with E-state index in [-0.39, 0.29) is 36.9 Å². The lowest BCUT2D eigenvalue weighted by Crippen LogP contribution is -2.42. The summed E-state index contributed by atoms with van der Waals surface area (Å²) in [5.41, 5.74) is 7.77. The molecule has 3 fully saturated rings. The lowest BCUT2D eigenvalue weighted by molar-refractivity contribution is 0.330. The van der Waals surface area contributed by atoms with Crippen LogP contribution in [0.3, 0.4) is 0 Å². The number of nitrogens with two attached hydrogens (primary N) is 1. The number of fused-ring (bicyclic) bond motifs is 1. The van der Waals surface area contributed by atoms with Crippen molar-refractivity contribution < 1.29 is 8.42 Å². The molecule has 0 radical (unpaired) electrons. The monoisotopic (exact) mass is 616 g/mol. The summed E-state index contributed by atoms with van der Waals surface area (Å²) >= 11 is 1.27. The first-order valence-corrected chi connectivity index (χ1v) is 15.9.